The molecule has 124 valence electrons. The average molecular weight is 353 g/mol. The van der Waals surface area contributed by atoms with Gasteiger partial charge in [-0.1, -0.05) is 31.7 Å². The van der Waals surface area contributed by atoms with Crippen molar-refractivity contribution in [2.75, 3.05) is 0 Å². The molecule has 2 aromatic rings. The van der Waals surface area contributed by atoms with Crippen molar-refractivity contribution in [3.05, 3.63) is 28.7 Å². The first-order valence-corrected chi connectivity index (χ1v) is 8.90. The maximum Gasteiger partial charge on any atom is 0.318 e. The Morgan fingerprint density at radius 2 is 2.26 bits per heavy atom. The molecule has 0 bridgehead atoms. The maximum atomic E-state index is 12.1. The van der Waals surface area contributed by atoms with Crippen LogP contribution < -0.4 is 11.1 Å². The normalized spacial score (nSPS) is 12.3. The van der Waals surface area contributed by atoms with E-state index in [1.54, 1.807) is 17.7 Å². The quantitative estimate of drug-likeness (QED) is 0.740. The molecular formula is C14H19N5O2S2. The highest BCUT2D eigenvalue weighted by atomic mass is 32.2. The van der Waals surface area contributed by atoms with E-state index in [0.717, 1.165) is 13.0 Å². The molecule has 23 heavy (non-hydrogen) atoms. The molecule has 1 atom stereocenters. The summed E-state index contributed by atoms with van der Waals surface area (Å²) < 4.78 is 1.91. The number of nitrogens with one attached hydrogen (secondary N) is 1. The van der Waals surface area contributed by atoms with Crippen LogP contribution in [0.3, 0.4) is 0 Å². The van der Waals surface area contributed by atoms with E-state index in [4.69, 9.17) is 5.73 Å². The summed E-state index contributed by atoms with van der Waals surface area (Å²) in [5, 5.41) is 12.4. The first-order valence-electron chi connectivity index (χ1n) is 7.14. The van der Waals surface area contributed by atoms with E-state index in [1.807, 2.05) is 29.9 Å². The van der Waals surface area contributed by atoms with Crippen molar-refractivity contribution in [3.63, 3.8) is 0 Å². The number of amides is 3. The molecule has 2 aromatic heterocycles. The highest BCUT2D eigenvalue weighted by molar-refractivity contribution is 8.00. The second kappa shape index (κ2) is 8.11. The molecule has 1 unspecified atom stereocenters. The Morgan fingerprint density at radius 1 is 1.48 bits per heavy atom. The van der Waals surface area contributed by atoms with E-state index in [0.29, 0.717) is 5.16 Å². The number of aryl methyl sites for hydroxylation is 2. The SMILES string of the molecule is CC(C)C(Sc1nncn1CCc1cccs1)C(=O)NC(N)=O. The minimum atomic E-state index is -0.847. The molecule has 0 aliphatic rings. The molecule has 0 saturated carbocycles. The lowest BCUT2D eigenvalue weighted by atomic mass is 10.1. The predicted octanol–water partition coefficient (Wildman–Crippen LogP) is 1.89. The van der Waals surface area contributed by atoms with Gasteiger partial charge in [-0.15, -0.1) is 21.5 Å². The zero-order valence-electron chi connectivity index (χ0n) is 12.9. The van der Waals surface area contributed by atoms with Crippen LogP contribution in [0.5, 0.6) is 0 Å². The molecule has 2 rings (SSSR count). The molecule has 0 aliphatic heterocycles. The van der Waals surface area contributed by atoms with Gasteiger partial charge in [0, 0.05) is 11.4 Å². The fourth-order valence-corrected chi connectivity index (χ4v) is 3.70. The molecule has 3 amide bonds. The Balaban J connectivity index is 2.04. The molecule has 3 N–H and O–H groups in total. The van der Waals surface area contributed by atoms with Gasteiger partial charge in [0.1, 0.15) is 6.33 Å². The van der Waals surface area contributed by atoms with Crippen LogP contribution in [-0.4, -0.2) is 32.0 Å². The van der Waals surface area contributed by atoms with Gasteiger partial charge in [0.05, 0.1) is 5.25 Å². The topological polar surface area (TPSA) is 103 Å². The van der Waals surface area contributed by atoms with Gasteiger partial charge in [0.2, 0.25) is 5.91 Å². The number of imide groups is 1. The molecule has 2 heterocycles. The van der Waals surface area contributed by atoms with E-state index >= 15 is 0 Å². The smallest absolute Gasteiger partial charge is 0.318 e. The molecule has 0 aromatic carbocycles. The molecule has 7 nitrogen and oxygen atoms in total. The van der Waals surface area contributed by atoms with E-state index < -0.39 is 17.2 Å². The molecule has 0 spiro atoms. The highest BCUT2D eigenvalue weighted by Gasteiger charge is 2.26. The lowest BCUT2D eigenvalue weighted by Crippen LogP contribution is -2.42. The van der Waals surface area contributed by atoms with Gasteiger partial charge in [0.25, 0.3) is 0 Å². The molecule has 0 aliphatic carbocycles. The van der Waals surface area contributed by atoms with E-state index in [1.165, 1.54) is 16.6 Å². The number of thioether (sulfide) groups is 1. The second-order valence-electron chi connectivity index (χ2n) is 5.27. The number of hydrogen-bond donors (Lipinski definition) is 2. The van der Waals surface area contributed by atoms with Crippen molar-refractivity contribution < 1.29 is 9.59 Å². The number of nitrogens with two attached hydrogens (primary N) is 1. The van der Waals surface area contributed by atoms with Crippen LogP contribution in [-0.2, 0) is 17.8 Å². The summed E-state index contributed by atoms with van der Waals surface area (Å²) in [7, 11) is 0. The second-order valence-corrected chi connectivity index (χ2v) is 7.41. The van der Waals surface area contributed by atoms with Crippen LogP contribution in [0, 0.1) is 5.92 Å². The van der Waals surface area contributed by atoms with Crippen molar-refractivity contribution in [1.29, 1.82) is 0 Å². The fourth-order valence-electron chi connectivity index (χ4n) is 1.97. The molecule has 9 heteroatoms. The van der Waals surface area contributed by atoms with Gasteiger partial charge in [-0.25, -0.2) is 4.79 Å². The van der Waals surface area contributed by atoms with E-state index in [9.17, 15) is 9.59 Å². The number of carbonyl (C=O) groups excluding carboxylic acids is 2. The summed E-state index contributed by atoms with van der Waals surface area (Å²) in [4.78, 5) is 24.3. The summed E-state index contributed by atoms with van der Waals surface area (Å²) >= 11 is 3.00. The Kier molecular flexibility index (Phi) is 6.17. The predicted molar refractivity (Wildman–Crippen MR) is 90.3 cm³/mol. The van der Waals surface area contributed by atoms with Crippen LogP contribution >= 0.6 is 23.1 Å². The van der Waals surface area contributed by atoms with Gasteiger partial charge < -0.3 is 10.3 Å². The first-order chi connectivity index (χ1) is 11.0. The number of thiophene rings is 1. The lowest BCUT2D eigenvalue weighted by Gasteiger charge is -2.18. The fraction of sp³-hybridized carbons (Fsp3) is 0.429. The van der Waals surface area contributed by atoms with Crippen LogP contribution in [0.25, 0.3) is 0 Å². The maximum absolute atomic E-state index is 12.1. The van der Waals surface area contributed by atoms with Crippen molar-refractivity contribution in [3.8, 4) is 0 Å². The standard InChI is InChI=1S/C14H19N5O2S2/c1-9(2)11(12(20)17-13(15)21)23-14-18-16-8-19(14)6-5-10-4-3-7-22-10/h3-4,7-9,11H,5-6H2,1-2H3,(H3,15,17,20,21). The van der Waals surface area contributed by atoms with Crippen molar-refractivity contribution in [1.82, 2.24) is 20.1 Å². The number of aromatic nitrogens is 3. The largest absolute Gasteiger partial charge is 0.351 e. The zero-order chi connectivity index (χ0) is 16.8. The van der Waals surface area contributed by atoms with Gasteiger partial charge >= 0.3 is 6.03 Å². The van der Waals surface area contributed by atoms with Gasteiger partial charge in [-0.2, -0.15) is 0 Å². The summed E-state index contributed by atoms with van der Waals surface area (Å²) in [6, 6.07) is 3.25. The summed E-state index contributed by atoms with van der Waals surface area (Å²) in [6.07, 6.45) is 2.53. The van der Waals surface area contributed by atoms with E-state index in [-0.39, 0.29) is 5.92 Å². The number of rotatable bonds is 7. The number of urea groups is 1. The minimum Gasteiger partial charge on any atom is -0.351 e. The molecule has 0 saturated heterocycles. The van der Waals surface area contributed by atoms with Gasteiger partial charge in [-0.05, 0) is 23.8 Å². The van der Waals surface area contributed by atoms with Crippen molar-refractivity contribution in [2.24, 2.45) is 11.7 Å². The van der Waals surface area contributed by atoms with Crippen LogP contribution in [0.2, 0.25) is 0 Å². The molecule has 0 fully saturated rings. The Hall–Kier alpha value is -1.87. The number of nitrogens with zero attached hydrogens (tertiary/aromatic N) is 3. The summed E-state index contributed by atoms with van der Waals surface area (Å²) in [5.41, 5.74) is 5.02. The highest BCUT2D eigenvalue weighted by Crippen LogP contribution is 2.27. The Bertz CT molecular complexity index is 654. The summed E-state index contributed by atoms with van der Waals surface area (Å²) in [6.45, 7) is 4.55. The third kappa shape index (κ3) is 5.07. The van der Waals surface area contributed by atoms with Crippen molar-refractivity contribution in [2.45, 2.75) is 37.2 Å². The van der Waals surface area contributed by atoms with E-state index in [2.05, 4.69) is 21.6 Å². The Morgan fingerprint density at radius 3 is 2.87 bits per heavy atom. The third-order valence-electron chi connectivity index (χ3n) is 3.10. The van der Waals surface area contributed by atoms with Crippen LogP contribution in [0.15, 0.2) is 29.0 Å². The molecular weight excluding hydrogens is 334 g/mol. The monoisotopic (exact) mass is 353 g/mol. The summed E-state index contributed by atoms with van der Waals surface area (Å²) in [5.74, 6) is -0.396. The first kappa shape index (κ1) is 17.5. The zero-order valence-corrected chi connectivity index (χ0v) is 14.6. The number of primary amides is 1. The van der Waals surface area contributed by atoms with Gasteiger partial charge in [-0.3, -0.25) is 10.1 Å². The minimum absolute atomic E-state index is 0.0156. The Labute approximate surface area is 142 Å². The number of carbonyl (C=O) groups is 2. The van der Waals surface area contributed by atoms with Crippen molar-refractivity contribution >= 4 is 35.0 Å². The number of hydrogen-bond acceptors (Lipinski definition) is 6. The van der Waals surface area contributed by atoms with Gasteiger partial charge in [0.15, 0.2) is 5.16 Å². The van der Waals surface area contributed by atoms with Crippen LogP contribution in [0.1, 0.15) is 18.7 Å². The lowest BCUT2D eigenvalue weighted by molar-refractivity contribution is -0.120. The third-order valence-corrected chi connectivity index (χ3v) is 5.58. The van der Waals surface area contributed by atoms with Crippen LogP contribution in [0.4, 0.5) is 4.79 Å². The molecule has 0 radical (unpaired) electrons. The average Bonchev–Trinajstić information content (AvgIpc) is 3.12.